The third kappa shape index (κ3) is 4.45. The van der Waals surface area contributed by atoms with Gasteiger partial charge in [0.15, 0.2) is 0 Å². The first-order chi connectivity index (χ1) is 8.68. The van der Waals surface area contributed by atoms with Crippen molar-refractivity contribution in [2.24, 2.45) is 0 Å². The van der Waals surface area contributed by atoms with E-state index < -0.39 is 0 Å². The fourth-order valence-corrected chi connectivity index (χ4v) is 2.87. The predicted molar refractivity (Wildman–Crippen MR) is 80.0 cm³/mol. The van der Waals surface area contributed by atoms with Gasteiger partial charge in [-0.05, 0) is 18.4 Å². The number of morpholine rings is 1. The first-order valence-electron chi connectivity index (χ1n) is 6.28. The van der Waals surface area contributed by atoms with Crippen molar-refractivity contribution >= 4 is 29.7 Å². The van der Waals surface area contributed by atoms with Gasteiger partial charge in [-0.3, -0.25) is 4.79 Å². The quantitative estimate of drug-likeness (QED) is 0.926. The lowest BCUT2D eigenvalue weighted by molar-refractivity contribution is -0.133. The summed E-state index contributed by atoms with van der Waals surface area (Å²) in [5.74, 6) is 0.166. The zero-order chi connectivity index (χ0) is 13.0. The molecule has 19 heavy (non-hydrogen) atoms. The highest BCUT2D eigenvalue weighted by molar-refractivity contribution is 7.10. The van der Waals surface area contributed by atoms with Gasteiger partial charge in [-0.15, -0.1) is 23.7 Å². The summed E-state index contributed by atoms with van der Waals surface area (Å²) in [5, 5.41) is 5.35. The molecule has 0 bridgehead atoms. The Bertz CT molecular complexity index is 380. The Balaban J connectivity index is 0.00000180. The van der Waals surface area contributed by atoms with E-state index in [0.717, 1.165) is 13.2 Å². The molecule has 6 heteroatoms. The second-order valence-electron chi connectivity index (χ2n) is 4.63. The topological polar surface area (TPSA) is 41.6 Å². The van der Waals surface area contributed by atoms with Crippen LogP contribution in [0.1, 0.15) is 24.3 Å². The van der Waals surface area contributed by atoms with Crippen LogP contribution in [0.5, 0.6) is 0 Å². The van der Waals surface area contributed by atoms with Gasteiger partial charge in [-0.1, -0.05) is 6.07 Å². The number of amides is 1. The maximum atomic E-state index is 12.2. The number of hydrogen-bond donors (Lipinski definition) is 1. The third-order valence-electron chi connectivity index (χ3n) is 3.35. The van der Waals surface area contributed by atoms with Crippen molar-refractivity contribution in [2.75, 3.05) is 26.8 Å². The summed E-state index contributed by atoms with van der Waals surface area (Å²) in [6, 6.07) is 4.39. The number of ether oxygens (including phenoxy) is 1. The van der Waals surface area contributed by atoms with Crippen LogP contribution in [-0.2, 0) is 9.53 Å². The van der Waals surface area contributed by atoms with E-state index in [-0.39, 0.29) is 30.4 Å². The molecule has 0 saturated carbocycles. The van der Waals surface area contributed by atoms with E-state index in [1.165, 1.54) is 4.88 Å². The van der Waals surface area contributed by atoms with E-state index in [2.05, 4.69) is 18.3 Å². The van der Waals surface area contributed by atoms with Crippen LogP contribution in [0.3, 0.4) is 0 Å². The van der Waals surface area contributed by atoms with Gasteiger partial charge in [0, 0.05) is 30.9 Å². The molecule has 1 amide bonds. The summed E-state index contributed by atoms with van der Waals surface area (Å²) < 4.78 is 5.36. The van der Waals surface area contributed by atoms with Crippen LogP contribution in [0.25, 0.3) is 0 Å². The van der Waals surface area contributed by atoms with Crippen molar-refractivity contribution in [3.8, 4) is 0 Å². The van der Waals surface area contributed by atoms with Gasteiger partial charge in [0.2, 0.25) is 5.91 Å². The summed E-state index contributed by atoms with van der Waals surface area (Å²) in [4.78, 5) is 15.2. The number of carbonyl (C=O) groups excluding carboxylic acids is 1. The Morgan fingerprint density at radius 1 is 1.68 bits per heavy atom. The van der Waals surface area contributed by atoms with Gasteiger partial charge in [-0.2, -0.15) is 0 Å². The molecular formula is C13H21ClN2O2S. The van der Waals surface area contributed by atoms with Gasteiger partial charge >= 0.3 is 0 Å². The molecule has 1 aliphatic heterocycles. The molecule has 0 spiro atoms. The maximum absolute atomic E-state index is 12.2. The zero-order valence-corrected chi connectivity index (χ0v) is 12.9. The molecule has 1 N–H and O–H groups in total. The van der Waals surface area contributed by atoms with Crippen LogP contribution in [-0.4, -0.2) is 43.7 Å². The molecule has 1 fully saturated rings. The molecule has 2 unspecified atom stereocenters. The molecular weight excluding hydrogens is 284 g/mol. The van der Waals surface area contributed by atoms with Crippen LogP contribution in [0.15, 0.2) is 17.5 Å². The normalized spacial score (nSPS) is 20.4. The van der Waals surface area contributed by atoms with Gasteiger partial charge in [0.1, 0.15) is 0 Å². The monoisotopic (exact) mass is 304 g/mol. The van der Waals surface area contributed by atoms with Crippen molar-refractivity contribution in [3.05, 3.63) is 22.4 Å². The largest absolute Gasteiger partial charge is 0.378 e. The Hall–Kier alpha value is -0.620. The smallest absolute Gasteiger partial charge is 0.224 e. The fourth-order valence-electron chi connectivity index (χ4n) is 2.04. The van der Waals surface area contributed by atoms with Crippen LogP contribution in [0, 0.1) is 0 Å². The molecule has 1 aliphatic rings. The van der Waals surface area contributed by atoms with Gasteiger partial charge in [-0.25, -0.2) is 0 Å². The number of rotatable bonds is 4. The number of nitrogens with zero attached hydrogens (tertiary/aromatic N) is 1. The zero-order valence-electron chi connectivity index (χ0n) is 11.3. The molecule has 1 aromatic rings. The number of halogens is 1. The Labute approximate surface area is 124 Å². The van der Waals surface area contributed by atoms with E-state index in [1.807, 2.05) is 23.4 Å². The summed E-state index contributed by atoms with van der Waals surface area (Å²) in [5.41, 5.74) is 0. The molecule has 0 aliphatic carbocycles. The summed E-state index contributed by atoms with van der Waals surface area (Å²) in [7, 11) is 1.87. The van der Waals surface area contributed by atoms with Crippen molar-refractivity contribution in [3.63, 3.8) is 0 Å². The molecule has 1 aromatic heterocycles. The maximum Gasteiger partial charge on any atom is 0.224 e. The fraction of sp³-hybridized carbons (Fsp3) is 0.615. The summed E-state index contributed by atoms with van der Waals surface area (Å²) in [6.07, 6.45) is 0.506. The van der Waals surface area contributed by atoms with Crippen LogP contribution < -0.4 is 5.32 Å². The molecule has 1 saturated heterocycles. The Morgan fingerprint density at radius 2 is 2.47 bits per heavy atom. The molecule has 0 radical (unpaired) electrons. The van der Waals surface area contributed by atoms with Crippen LogP contribution >= 0.6 is 23.7 Å². The van der Waals surface area contributed by atoms with Crippen molar-refractivity contribution in [1.29, 1.82) is 0 Å². The number of carbonyl (C=O) groups is 1. The molecule has 2 rings (SSSR count). The Morgan fingerprint density at radius 3 is 3.05 bits per heavy atom. The van der Waals surface area contributed by atoms with Gasteiger partial charge < -0.3 is 15.0 Å². The highest BCUT2D eigenvalue weighted by atomic mass is 35.5. The standard InChI is InChI=1S/C13H20N2O2S.ClH/c1-10(12-4-3-7-18-12)15(2)13(16)8-11-9-17-6-5-14-11;/h3-4,7,10-11,14H,5-6,8-9H2,1-2H3;1H. The van der Waals surface area contributed by atoms with Crippen LogP contribution in [0.4, 0.5) is 0 Å². The minimum absolute atomic E-state index is 0. The predicted octanol–water partition coefficient (Wildman–Crippen LogP) is 2.07. The highest BCUT2D eigenvalue weighted by Gasteiger charge is 2.22. The third-order valence-corrected chi connectivity index (χ3v) is 4.39. The van der Waals surface area contributed by atoms with Crippen molar-refractivity contribution in [1.82, 2.24) is 10.2 Å². The van der Waals surface area contributed by atoms with E-state index in [0.29, 0.717) is 13.0 Å². The van der Waals surface area contributed by atoms with Crippen molar-refractivity contribution in [2.45, 2.75) is 25.4 Å². The highest BCUT2D eigenvalue weighted by Crippen LogP contribution is 2.24. The molecule has 2 heterocycles. The number of thiophene rings is 1. The first kappa shape index (κ1) is 16.4. The van der Waals surface area contributed by atoms with E-state index in [1.54, 1.807) is 11.3 Å². The molecule has 108 valence electrons. The average Bonchev–Trinajstić information content (AvgIpc) is 2.92. The van der Waals surface area contributed by atoms with E-state index in [9.17, 15) is 4.79 Å². The number of nitrogens with one attached hydrogen (secondary N) is 1. The summed E-state index contributed by atoms with van der Waals surface area (Å²) >= 11 is 1.69. The SMILES string of the molecule is CC(c1cccs1)N(C)C(=O)CC1COCCN1.Cl. The molecule has 0 aromatic carbocycles. The first-order valence-corrected chi connectivity index (χ1v) is 7.16. The lowest BCUT2D eigenvalue weighted by atomic mass is 10.1. The van der Waals surface area contributed by atoms with Gasteiger partial charge in [0.25, 0.3) is 0 Å². The average molecular weight is 305 g/mol. The lowest BCUT2D eigenvalue weighted by Gasteiger charge is -2.28. The van der Waals surface area contributed by atoms with E-state index in [4.69, 9.17) is 4.74 Å². The van der Waals surface area contributed by atoms with Gasteiger partial charge in [0.05, 0.1) is 19.3 Å². The Kier molecular flexibility index (Phi) is 6.79. The van der Waals surface area contributed by atoms with Crippen LogP contribution in [0.2, 0.25) is 0 Å². The van der Waals surface area contributed by atoms with Crippen molar-refractivity contribution < 1.29 is 9.53 Å². The molecule has 2 atom stereocenters. The lowest BCUT2D eigenvalue weighted by Crippen LogP contribution is -2.44. The number of hydrogen-bond acceptors (Lipinski definition) is 4. The minimum atomic E-state index is 0. The minimum Gasteiger partial charge on any atom is -0.378 e. The second-order valence-corrected chi connectivity index (χ2v) is 5.61. The van der Waals surface area contributed by atoms with E-state index >= 15 is 0 Å². The summed E-state index contributed by atoms with van der Waals surface area (Å²) in [6.45, 7) is 4.27. The molecule has 4 nitrogen and oxygen atoms in total. The second kappa shape index (κ2) is 7.85.